The average Bonchev–Trinajstić information content (AvgIpc) is 3.43. The summed E-state index contributed by atoms with van der Waals surface area (Å²) in [6.07, 6.45) is 5.17. The molecule has 2 aromatic heterocycles. The first-order chi connectivity index (χ1) is 19.3. The van der Waals surface area contributed by atoms with Crippen molar-refractivity contribution in [3.05, 3.63) is 63.9 Å². The molecule has 2 amide bonds. The molecular formula is C29H33Cl2N5O4. The fourth-order valence-corrected chi connectivity index (χ4v) is 5.66. The van der Waals surface area contributed by atoms with E-state index in [4.69, 9.17) is 37.8 Å². The molecule has 3 aromatic rings. The standard InChI is InChI=1S/C29H33Cl2N5O4/c1-18(20-6-5-7-21(30)14-20)33-28(37)19-9-11-35(12-10-19)29(38)24-16-25(22-15-26(39-2)32-17-23(22)31)36(34-24)27-8-3-4-13-40-27/h5-7,14-19,27H,3-4,8-13H2,1-2H3,(H,33,37). The van der Waals surface area contributed by atoms with Crippen LogP contribution in [0.2, 0.25) is 10.0 Å². The topological polar surface area (TPSA) is 98.6 Å². The molecule has 1 aromatic carbocycles. The number of hydrogen-bond donors (Lipinski definition) is 1. The van der Waals surface area contributed by atoms with Gasteiger partial charge in [0.25, 0.3) is 5.91 Å². The maximum Gasteiger partial charge on any atom is 0.274 e. The van der Waals surface area contributed by atoms with Crippen molar-refractivity contribution in [2.75, 3.05) is 26.8 Å². The number of nitrogens with one attached hydrogen (secondary N) is 1. The zero-order chi connectivity index (χ0) is 28.2. The third kappa shape index (κ3) is 6.27. The lowest BCUT2D eigenvalue weighted by Gasteiger charge is -2.31. The van der Waals surface area contributed by atoms with Gasteiger partial charge >= 0.3 is 0 Å². The highest BCUT2D eigenvalue weighted by Crippen LogP contribution is 2.35. The molecule has 4 heterocycles. The molecule has 212 valence electrons. The van der Waals surface area contributed by atoms with Crippen LogP contribution in [0.1, 0.15) is 67.3 Å². The summed E-state index contributed by atoms with van der Waals surface area (Å²) >= 11 is 12.6. The number of amides is 2. The molecule has 11 heteroatoms. The quantitative estimate of drug-likeness (QED) is 0.382. The van der Waals surface area contributed by atoms with Gasteiger partial charge in [-0.3, -0.25) is 9.59 Å². The molecular weight excluding hydrogens is 553 g/mol. The van der Waals surface area contributed by atoms with Gasteiger partial charge in [-0.15, -0.1) is 0 Å². The minimum atomic E-state index is -0.295. The Bertz CT molecular complexity index is 1370. The van der Waals surface area contributed by atoms with E-state index >= 15 is 0 Å². The summed E-state index contributed by atoms with van der Waals surface area (Å²) in [4.78, 5) is 32.5. The molecule has 5 rings (SSSR count). The number of piperidine rings is 1. The summed E-state index contributed by atoms with van der Waals surface area (Å²) in [6, 6.07) is 10.8. The number of pyridine rings is 1. The van der Waals surface area contributed by atoms with Gasteiger partial charge in [-0.05, 0) is 62.8 Å². The zero-order valence-corrected chi connectivity index (χ0v) is 24.1. The van der Waals surface area contributed by atoms with Gasteiger partial charge in [-0.1, -0.05) is 35.3 Å². The molecule has 40 heavy (non-hydrogen) atoms. The van der Waals surface area contributed by atoms with Crippen LogP contribution in [0.5, 0.6) is 5.88 Å². The third-order valence-electron chi connectivity index (χ3n) is 7.56. The average molecular weight is 587 g/mol. The maximum atomic E-state index is 13.6. The number of hydrogen-bond acceptors (Lipinski definition) is 6. The molecule has 2 aliphatic rings. The van der Waals surface area contributed by atoms with Gasteiger partial charge in [0.15, 0.2) is 11.9 Å². The van der Waals surface area contributed by atoms with E-state index in [2.05, 4.69) is 10.3 Å². The van der Waals surface area contributed by atoms with E-state index in [1.165, 1.54) is 6.20 Å². The number of carbonyl (C=O) groups is 2. The molecule has 0 radical (unpaired) electrons. The largest absolute Gasteiger partial charge is 0.481 e. The fourth-order valence-electron chi connectivity index (χ4n) is 5.26. The van der Waals surface area contributed by atoms with E-state index in [0.717, 1.165) is 24.8 Å². The SMILES string of the molecule is COc1cc(-c2cc(C(=O)N3CCC(C(=O)NC(C)c4cccc(Cl)c4)CC3)nn2C2CCCCO2)c(Cl)cn1. The second-order valence-corrected chi connectivity index (χ2v) is 11.1. The Morgan fingerprint density at radius 2 is 1.93 bits per heavy atom. The molecule has 1 N–H and O–H groups in total. The molecule has 9 nitrogen and oxygen atoms in total. The zero-order valence-electron chi connectivity index (χ0n) is 22.6. The number of likely N-dealkylation sites (tertiary alicyclic amines) is 1. The first-order valence-electron chi connectivity index (χ1n) is 13.6. The lowest BCUT2D eigenvalue weighted by atomic mass is 9.95. The predicted octanol–water partition coefficient (Wildman–Crippen LogP) is 5.69. The van der Waals surface area contributed by atoms with Gasteiger partial charge in [0.2, 0.25) is 11.8 Å². The lowest BCUT2D eigenvalue weighted by Crippen LogP contribution is -2.43. The molecule has 0 saturated carbocycles. The van der Waals surface area contributed by atoms with Crippen LogP contribution in [0.4, 0.5) is 0 Å². The molecule has 2 atom stereocenters. The second-order valence-electron chi connectivity index (χ2n) is 10.2. The van der Waals surface area contributed by atoms with E-state index in [1.807, 2.05) is 31.2 Å². The van der Waals surface area contributed by atoms with Crippen molar-refractivity contribution >= 4 is 35.0 Å². The van der Waals surface area contributed by atoms with Crippen molar-refractivity contribution in [1.82, 2.24) is 25.0 Å². The molecule has 0 aliphatic carbocycles. The molecule has 2 aliphatic heterocycles. The smallest absolute Gasteiger partial charge is 0.274 e. The third-order valence-corrected chi connectivity index (χ3v) is 8.10. The van der Waals surface area contributed by atoms with E-state index in [9.17, 15) is 9.59 Å². The summed E-state index contributed by atoms with van der Waals surface area (Å²) in [5.41, 5.74) is 2.60. The Balaban J connectivity index is 1.29. The van der Waals surface area contributed by atoms with E-state index < -0.39 is 0 Å². The Labute approximate surface area is 243 Å². The summed E-state index contributed by atoms with van der Waals surface area (Å²) in [5.74, 6) is 0.0492. The van der Waals surface area contributed by atoms with Crippen LogP contribution in [0.15, 0.2) is 42.6 Å². The highest BCUT2D eigenvalue weighted by molar-refractivity contribution is 6.33. The summed E-state index contributed by atoms with van der Waals surface area (Å²) in [7, 11) is 1.54. The van der Waals surface area contributed by atoms with Crippen LogP contribution in [0, 0.1) is 5.92 Å². The van der Waals surface area contributed by atoms with Gasteiger partial charge in [-0.2, -0.15) is 5.10 Å². The van der Waals surface area contributed by atoms with Crippen LogP contribution in [-0.4, -0.2) is 58.3 Å². The number of halogens is 2. The lowest BCUT2D eigenvalue weighted by molar-refractivity contribution is -0.127. The molecule has 0 spiro atoms. The summed E-state index contributed by atoms with van der Waals surface area (Å²) in [5, 5.41) is 8.86. The Kier molecular flexibility index (Phi) is 8.93. The molecule has 2 fully saturated rings. The van der Waals surface area contributed by atoms with E-state index in [1.54, 1.807) is 28.8 Å². The fraction of sp³-hybridized carbons (Fsp3) is 0.448. The van der Waals surface area contributed by atoms with Gasteiger partial charge in [0, 0.05) is 42.3 Å². The Hall–Kier alpha value is -3.14. The number of nitrogens with zero attached hydrogens (tertiary/aromatic N) is 4. The van der Waals surface area contributed by atoms with Crippen LogP contribution in [0.25, 0.3) is 11.3 Å². The number of methoxy groups -OCH3 is 1. The molecule has 2 saturated heterocycles. The van der Waals surface area contributed by atoms with Crippen LogP contribution >= 0.6 is 23.2 Å². The minimum absolute atomic E-state index is 0.0122. The second kappa shape index (κ2) is 12.6. The first kappa shape index (κ1) is 28.4. The van der Waals surface area contributed by atoms with Gasteiger partial charge in [0.1, 0.15) is 0 Å². The van der Waals surface area contributed by atoms with Crippen LogP contribution < -0.4 is 10.1 Å². The van der Waals surface area contributed by atoms with Crippen molar-refractivity contribution in [2.24, 2.45) is 5.92 Å². The number of rotatable bonds is 7. The number of ether oxygens (including phenoxy) is 2. The molecule has 2 unspecified atom stereocenters. The molecule has 0 bridgehead atoms. The highest BCUT2D eigenvalue weighted by atomic mass is 35.5. The van der Waals surface area contributed by atoms with E-state index in [-0.39, 0.29) is 30.0 Å². The highest BCUT2D eigenvalue weighted by Gasteiger charge is 2.31. The van der Waals surface area contributed by atoms with Gasteiger partial charge in [-0.25, -0.2) is 9.67 Å². The monoisotopic (exact) mass is 585 g/mol. The first-order valence-corrected chi connectivity index (χ1v) is 14.4. The maximum absolute atomic E-state index is 13.6. The van der Waals surface area contributed by atoms with Crippen LogP contribution in [0.3, 0.4) is 0 Å². The van der Waals surface area contributed by atoms with Crippen LogP contribution in [-0.2, 0) is 9.53 Å². The van der Waals surface area contributed by atoms with Crippen molar-refractivity contribution in [3.8, 4) is 17.1 Å². The number of carbonyl (C=O) groups excluding carboxylic acids is 2. The Morgan fingerprint density at radius 3 is 2.62 bits per heavy atom. The van der Waals surface area contributed by atoms with E-state index in [0.29, 0.717) is 65.4 Å². The summed E-state index contributed by atoms with van der Waals surface area (Å²) < 4.78 is 13.1. The minimum Gasteiger partial charge on any atom is -0.481 e. The van der Waals surface area contributed by atoms with Crippen molar-refractivity contribution < 1.29 is 19.1 Å². The Morgan fingerprint density at radius 1 is 1.12 bits per heavy atom. The summed E-state index contributed by atoms with van der Waals surface area (Å²) in [6.45, 7) is 3.51. The number of aromatic nitrogens is 3. The van der Waals surface area contributed by atoms with Gasteiger partial charge in [0.05, 0.1) is 30.1 Å². The van der Waals surface area contributed by atoms with Crippen molar-refractivity contribution in [3.63, 3.8) is 0 Å². The number of benzene rings is 1. The van der Waals surface area contributed by atoms with Gasteiger partial charge < -0.3 is 19.7 Å². The van der Waals surface area contributed by atoms with Crippen molar-refractivity contribution in [1.29, 1.82) is 0 Å². The predicted molar refractivity (Wildman–Crippen MR) is 152 cm³/mol. The van der Waals surface area contributed by atoms with Crippen molar-refractivity contribution in [2.45, 2.75) is 51.3 Å². The normalized spacial score (nSPS) is 18.8.